The Morgan fingerprint density at radius 1 is 1.55 bits per heavy atom. The highest BCUT2D eigenvalue weighted by molar-refractivity contribution is 6.31. The van der Waals surface area contributed by atoms with E-state index >= 15 is 0 Å². The largest absolute Gasteiger partial charge is 0.363 e. The molecule has 0 aliphatic carbocycles. The van der Waals surface area contributed by atoms with Crippen LogP contribution in [0.2, 0.25) is 5.02 Å². The highest BCUT2D eigenvalue weighted by atomic mass is 35.5. The van der Waals surface area contributed by atoms with Crippen LogP contribution in [0.3, 0.4) is 0 Å². The first-order valence-electron chi connectivity index (χ1n) is 5.93. The van der Waals surface area contributed by atoms with Crippen LogP contribution in [0.15, 0.2) is 34.5 Å². The van der Waals surface area contributed by atoms with E-state index < -0.39 is 5.03 Å². The lowest BCUT2D eigenvalue weighted by Crippen LogP contribution is -2.34. The van der Waals surface area contributed by atoms with Crippen molar-refractivity contribution >= 4 is 23.8 Å². The molecule has 0 spiro atoms. The molecule has 0 unspecified atom stereocenters. The summed E-state index contributed by atoms with van der Waals surface area (Å²) in [5.74, 6) is -0.126. The number of guanidine groups is 1. The van der Waals surface area contributed by atoms with E-state index in [1.807, 2.05) is 19.9 Å². The standard InChI is InChI=1S/C12H16ClN5O2/c1-9(2)7-15-17(12(14)16-18(19)20)8-10-5-3-4-6-11(10)13/h3-7,9H,8H2,1-2H3,(H2,14,16)/b15-7-. The monoisotopic (exact) mass is 297 g/mol. The molecule has 108 valence electrons. The van der Waals surface area contributed by atoms with Crippen LogP contribution in [0.4, 0.5) is 0 Å². The molecule has 0 aliphatic heterocycles. The second-order valence-electron chi connectivity index (χ2n) is 4.35. The van der Waals surface area contributed by atoms with Gasteiger partial charge in [-0.25, -0.2) is 15.1 Å². The first-order valence-corrected chi connectivity index (χ1v) is 6.31. The van der Waals surface area contributed by atoms with Crippen LogP contribution in [0.1, 0.15) is 19.4 Å². The Hall–Kier alpha value is -2.15. The zero-order valence-corrected chi connectivity index (χ0v) is 12.0. The summed E-state index contributed by atoms with van der Waals surface area (Å²) < 4.78 is 0. The van der Waals surface area contributed by atoms with Gasteiger partial charge in [0.25, 0.3) is 5.96 Å². The third-order valence-electron chi connectivity index (χ3n) is 2.23. The Morgan fingerprint density at radius 3 is 2.75 bits per heavy atom. The molecule has 0 saturated carbocycles. The summed E-state index contributed by atoms with van der Waals surface area (Å²) in [4.78, 5) is 10.4. The lowest BCUT2D eigenvalue weighted by atomic mass is 10.2. The molecule has 0 atom stereocenters. The van der Waals surface area contributed by atoms with E-state index in [9.17, 15) is 10.1 Å². The average molecular weight is 298 g/mol. The zero-order valence-electron chi connectivity index (χ0n) is 11.2. The first-order chi connectivity index (χ1) is 9.40. The summed E-state index contributed by atoms with van der Waals surface area (Å²) in [6.07, 6.45) is 1.62. The lowest BCUT2D eigenvalue weighted by Gasteiger charge is -2.17. The normalized spacial score (nSPS) is 12.1. The molecule has 2 N–H and O–H groups in total. The van der Waals surface area contributed by atoms with Gasteiger partial charge in [-0.2, -0.15) is 5.10 Å². The van der Waals surface area contributed by atoms with Gasteiger partial charge in [-0.3, -0.25) is 0 Å². The molecule has 1 aromatic carbocycles. The van der Waals surface area contributed by atoms with Crippen molar-refractivity contribution in [3.05, 3.63) is 45.0 Å². The fourth-order valence-electron chi connectivity index (χ4n) is 1.32. The van der Waals surface area contributed by atoms with E-state index in [-0.39, 0.29) is 18.4 Å². The fraction of sp³-hybridized carbons (Fsp3) is 0.333. The average Bonchev–Trinajstić information content (AvgIpc) is 2.35. The first kappa shape index (κ1) is 15.9. The summed E-state index contributed by atoms with van der Waals surface area (Å²) in [6.45, 7) is 4.06. The Morgan fingerprint density at radius 2 is 2.20 bits per heavy atom. The third kappa shape index (κ3) is 5.23. The van der Waals surface area contributed by atoms with Crippen molar-refractivity contribution < 1.29 is 5.03 Å². The maximum absolute atomic E-state index is 10.4. The van der Waals surface area contributed by atoms with E-state index in [4.69, 9.17) is 17.3 Å². The fourth-order valence-corrected chi connectivity index (χ4v) is 1.51. The van der Waals surface area contributed by atoms with Crippen LogP contribution in [-0.2, 0) is 6.54 Å². The van der Waals surface area contributed by atoms with Crippen LogP contribution in [-0.4, -0.2) is 22.2 Å². The lowest BCUT2D eigenvalue weighted by molar-refractivity contribution is -0.485. The molecule has 7 nitrogen and oxygen atoms in total. The molecule has 0 heterocycles. The number of hydrogen-bond acceptors (Lipinski definition) is 3. The van der Waals surface area contributed by atoms with Gasteiger partial charge in [0.05, 0.1) is 6.54 Å². The molecular formula is C12H16ClN5O2. The maximum atomic E-state index is 10.4. The number of rotatable bonds is 5. The number of nitro groups is 1. The molecule has 1 rings (SSSR count). The highest BCUT2D eigenvalue weighted by Crippen LogP contribution is 2.17. The van der Waals surface area contributed by atoms with Gasteiger partial charge in [0.2, 0.25) is 0 Å². The number of hydrazone groups is 2. The van der Waals surface area contributed by atoms with Gasteiger partial charge >= 0.3 is 0 Å². The zero-order chi connectivity index (χ0) is 15.1. The second-order valence-corrected chi connectivity index (χ2v) is 4.76. The Bertz CT molecular complexity index is 530. The molecule has 0 fully saturated rings. The van der Waals surface area contributed by atoms with Gasteiger partial charge in [0.15, 0.2) is 5.03 Å². The summed E-state index contributed by atoms with van der Waals surface area (Å²) >= 11 is 6.05. The van der Waals surface area contributed by atoms with Crippen molar-refractivity contribution in [3.63, 3.8) is 0 Å². The summed E-state index contributed by atoms with van der Waals surface area (Å²) in [7, 11) is 0. The van der Waals surface area contributed by atoms with Crippen molar-refractivity contribution in [1.29, 1.82) is 0 Å². The van der Waals surface area contributed by atoms with Crippen LogP contribution in [0.5, 0.6) is 0 Å². The second kappa shape index (κ2) is 7.44. The quantitative estimate of drug-likeness (QED) is 0.390. The maximum Gasteiger partial charge on any atom is 0.289 e. The molecule has 0 amide bonds. The molecule has 0 saturated heterocycles. The highest BCUT2D eigenvalue weighted by Gasteiger charge is 2.13. The van der Waals surface area contributed by atoms with E-state index in [2.05, 4.69) is 10.2 Å². The molecule has 0 aliphatic rings. The summed E-state index contributed by atoms with van der Waals surface area (Å²) in [5.41, 5.74) is 6.33. The van der Waals surface area contributed by atoms with Crippen molar-refractivity contribution in [1.82, 2.24) is 5.01 Å². The van der Waals surface area contributed by atoms with Crippen molar-refractivity contribution in [2.75, 3.05) is 0 Å². The molecule has 20 heavy (non-hydrogen) atoms. The third-order valence-corrected chi connectivity index (χ3v) is 2.60. The Labute approximate surface area is 121 Å². The van der Waals surface area contributed by atoms with Crippen LogP contribution in [0.25, 0.3) is 0 Å². The minimum Gasteiger partial charge on any atom is -0.363 e. The summed E-state index contributed by atoms with van der Waals surface area (Å²) in [6, 6.07) is 7.12. The molecule has 0 bridgehead atoms. The number of nitrogens with two attached hydrogens (primary N) is 1. The van der Waals surface area contributed by atoms with Crippen molar-refractivity contribution in [2.24, 2.45) is 21.9 Å². The SMILES string of the molecule is CC(C)/C=N\N(Cc1ccccc1Cl)/C(N)=N\[N+](=O)[O-]. The van der Waals surface area contributed by atoms with Crippen molar-refractivity contribution in [3.8, 4) is 0 Å². The van der Waals surface area contributed by atoms with Gasteiger partial charge < -0.3 is 5.73 Å². The summed E-state index contributed by atoms with van der Waals surface area (Å²) in [5, 5.41) is 18.5. The number of halogens is 1. The molecular weight excluding hydrogens is 282 g/mol. The minimum absolute atomic E-state index is 0.173. The minimum atomic E-state index is -0.861. The number of benzene rings is 1. The van der Waals surface area contributed by atoms with Gasteiger partial charge in [-0.05, 0) is 17.5 Å². The smallest absolute Gasteiger partial charge is 0.289 e. The topological polar surface area (TPSA) is 97.1 Å². The molecule has 0 aromatic heterocycles. The molecule has 0 radical (unpaired) electrons. The Balaban J connectivity index is 2.99. The number of nitrogens with zero attached hydrogens (tertiary/aromatic N) is 4. The predicted molar refractivity (Wildman–Crippen MR) is 78.9 cm³/mol. The van der Waals surface area contributed by atoms with Crippen molar-refractivity contribution in [2.45, 2.75) is 20.4 Å². The predicted octanol–water partition coefficient (Wildman–Crippen LogP) is 2.29. The van der Waals surface area contributed by atoms with Crippen LogP contribution < -0.4 is 5.73 Å². The van der Waals surface area contributed by atoms with Crippen LogP contribution >= 0.6 is 11.6 Å². The van der Waals surface area contributed by atoms with Gasteiger partial charge in [0, 0.05) is 11.2 Å². The van der Waals surface area contributed by atoms with E-state index in [1.54, 1.807) is 24.4 Å². The molecule has 1 aromatic rings. The van der Waals surface area contributed by atoms with Gasteiger partial charge in [0.1, 0.15) is 5.10 Å². The van der Waals surface area contributed by atoms with E-state index in [1.165, 1.54) is 5.01 Å². The molecule has 8 heteroatoms. The van der Waals surface area contributed by atoms with E-state index in [0.29, 0.717) is 5.02 Å². The van der Waals surface area contributed by atoms with E-state index in [0.717, 1.165) is 5.56 Å². The number of hydrogen-bond donors (Lipinski definition) is 1. The van der Waals surface area contributed by atoms with Gasteiger partial charge in [-0.15, -0.1) is 0 Å². The van der Waals surface area contributed by atoms with Gasteiger partial charge in [-0.1, -0.05) is 43.6 Å². The van der Waals surface area contributed by atoms with Crippen LogP contribution in [0, 0.1) is 16.0 Å². The Kier molecular flexibility index (Phi) is 5.92.